The van der Waals surface area contributed by atoms with Crippen molar-refractivity contribution in [2.45, 2.75) is 18.6 Å². The molecule has 11 heavy (non-hydrogen) atoms. The van der Waals surface area contributed by atoms with Crippen LogP contribution in [0.2, 0.25) is 0 Å². The van der Waals surface area contributed by atoms with Gasteiger partial charge in [0.1, 0.15) is 6.61 Å². The summed E-state index contributed by atoms with van der Waals surface area (Å²) in [5, 5.41) is 6.14. The minimum Gasteiger partial charge on any atom is -0.365 e. The third-order valence-electron chi connectivity index (χ3n) is 2.20. The molecule has 62 valence electrons. The molecule has 2 atom stereocenters. The highest BCUT2D eigenvalue weighted by atomic mass is 16.5. The second kappa shape index (κ2) is 2.79. The summed E-state index contributed by atoms with van der Waals surface area (Å²) in [6.07, 6.45) is 1.18. The topological polar surface area (TPSA) is 50.4 Å². The fraction of sp³-hybridized carbons (Fsp3) is 0.857. The fourth-order valence-corrected chi connectivity index (χ4v) is 1.60. The molecular formula is C7H12N2O2. The number of amides is 1. The van der Waals surface area contributed by atoms with E-state index in [1.165, 1.54) is 0 Å². The smallest absolute Gasteiger partial charge is 0.246 e. The molecule has 0 aliphatic carbocycles. The van der Waals surface area contributed by atoms with Crippen LogP contribution in [0.5, 0.6) is 0 Å². The van der Waals surface area contributed by atoms with Crippen LogP contribution in [0.3, 0.4) is 0 Å². The predicted molar refractivity (Wildman–Crippen MR) is 39.2 cm³/mol. The van der Waals surface area contributed by atoms with Gasteiger partial charge < -0.3 is 15.4 Å². The molecule has 1 amide bonds. The quantitative estimate of drug-likeness (QED) is 0.466. The van der Waals surface area contributed by atoms with E-state index in [-0.39, 0.29) is 24.7 Å². The average Bonchev–Trinajstić information content (AvgIpc) is 2.04. The lowest BCUT2D eigenvalue weighted by atomic mass is 10.0. The van der Waals surface area contributed by atoms with Gasteiger partial charge in [0.15, 0.2) is 0 Å². The summed E-state index contributed by atoms with van der Waals surface area (Å²) in [6.45, 7) is 2.07. The Balaban J connectivity index is 1.98. The largest absolute Gasteiger partial charge is 0.365 e. The van der Waals surface area contributed by atoms with Gasteiger partial charge in [-0.3, -0.25) is 4.79 Å². The minimum absolute atomic E-state index is 0.0214. The molecule has 2 rings (SSSR count). The molecule has 0 saturated carbocycles. The number of fused-ring (bicyclic) bond motifs is 1. The van der Waals surface area contributed by atoms with Crippen LogP contribution in [0.25, 0.3) is 0 Å². The van der Waals surface area contributed by atoms with E-state index in [2.05, 4.69) is 10.6 Å². The van der Waals surface area contributed by atoms with Crippen LogP contribution in [0.4, 0.5) is 0 Å². The van der Waals surface area contributed by atoms with E-state index in [9.17, 15) is 4.79 Å². The Morgan fingerprint density at radius 3 is 3.36 bits per heavy atom. The predicted octanol–water partition coefficient (Wildman–Crippen LogP) is -1.14. The first-order chi connectivity index (χ1) is 5.36. The van der Waals surface area contributed by atoms with Crippen molar-refractivity contribution in [3.8, 4) is 0 Å². The van der Waals surface area contributed by atoms with Gasteiger partial charge in [-0.15, -0.1) is 0 Å². The van der Waals surface area contributed by atoms with E-state index in [0.717, 1.165) is 19.5 Å². The van der Waals surface area contributed by atoms with Crippen molar-refractivity contribution in [1.29, 1.82) is 0 Å². The number of morpholine rings is 1. The molecule has 4 heteroatoms. The summed E-state index contributed by atoms with van der Waals surface area (Å²) in [5.41, 5.74) is 0. The number of carbonyl (C=O) groups is 1. The molecule has 0 aromatic rings. The molecule has 2 heterocycles. The van der Waals surface area contributed by atoms with E-state index in [1.807, 2.05) is 0 Å². The van der Waals surface area contributed by atoms with Crippen molar-refractivity contribution in [1.82, 2.24) is 10.6 Å². The summed E-state index contributed by atoms with van der Waals surface area (Å²) in [6, 6.07) is 0.248. The number of ether oxygens (including phenoxy) is 1. The fourth-order valence-electron chi connectivity index (χ4n) is 1.60. The molecule has 0 spiro atoms. The summed E-state index contributed by atoms with van der Waals surface area (Å²) < 4.78 is 5.32. The van der Waals surface area contributed by atoms with Gasteiger partial charge in [0.05, 0.1) is 12.1 Å². The van der Waals surface area contributed by atoms with Gasteiger partial charge >= 0.3 is 0 Å². The van der Waals surface area contributed by atoms with E-state index >= 15 is 0 Å². The lowest BCUT2D eigenvalue weighted by molar-refractivity contribution is -0.137. The molecule has 0 aromatic carbocycles. The number of nitrogens with one attached hydrogen (secondary N) is 2. The summed E-state index contributed by atoms with van der Waals surface area (Å²) in [4.78, 5) is 10.9. The highest BCUT2D eigenvalue weighted by molar-refractivity contribution is 5.78. The van der Waals surface area contributed by atoms with E-state index in [1.54, 1.807) is 0 Å². The molecule has 0 bridgehead atoms. The normalized spacial score (nSPS) is 37.6. The summed E-state index contributed by atoms with van der Waals surface area (Å²) >= 11 is 0. The van der Waals surface area contributed by atoms with E-state index in [4.69, 9.17) is 4.74 Å². The van der Waals surface area contributed by atoms with Crippen molar-refractivity contribution < 1.29 is 9.53 Å². The summed E-state index contributed by atoms with van der Waals surface area (Å²) in [7, 11) is 0. The standard InChI is InChI=1S/C7H12N2O2/c10-7-4-11-6-3-8-2-1-5(6)9-7/h5-6,8H,1-4H2,(H,9,10)/t5-,6-/m0/s1. The van der Waals surface area contributed by atoms with E-state index < -0.39 is 0 Å². The highest BCUT2D eigenvalue weighted by Gasteiger charge is 2.31. The Morgan fingerprint density at radius 1 is 1.55 bits per heavy atom. The molecule has 0 unspecified atom stereocenters. The van der Waals surface area contributed by atoms with Crippen LogP contribution in [-0.4, -0.2) is 37.7 Å². The lowest BCUT2D eigenvalue weighted by Gasteiger charge is -2.35. The minimum atomic E-state index is 0.0214. The molecule has 2 aliphatic rings. The van der Waals surface area contributed by atoms with Crippen LogP contribution >= 0.6 is 0 Å². The van der Waals surface area contributed by atoms with Crippen LogP contribution in [0.15, 0.2) is 0 Å². The van der Waals surface area contributed by atoms with Crippen molar-refractivity contribution in [3.05, 3.63) is 0 Å². The molecule has 4 nitrogen and oxygen atoms in total. The van der Waals surface area contributed by atoms with Gasteiger partial charge in [-0.25, -0.2) is 0 Å². The number of piperidine rings is 1. The highest BCUT2D eigenvalue weighted by Crippen LogP contribution is 2.10. The van der Waals surface area contributed by atoms with Gasteiger partial charge in [-0.1, -0.05) is 0 Å². The van der Waals surface area contributed by atoms with Gasteiger partial charge in [-0.2, -0.15) is 0 Å². The maximum absolute atomic E-state index is 10.9. The Kier molecular flexibility index (Phi) is 1.79. The van der Waals surface area contributed by atoms with Gasteiger partial charge in [0.25, 0.3) is 0 Å². The molecule has 2 N–H and O–H groups in total. The number of hydrogen-bond donors (Lipinski definition) is 2. The Bertz CT molecular complexity index is 172. The van der Waals surface area contributed by atoms with Gasteiger partial charge in [0.2, 0.25) is 5.91 Å². The Hall–Kier alpha value is -0.610. The summed E-state index contributed by atoms with van der Waals surface area (Å²) in [5.74, 6) is 0.0214. The van der Waals surface area contributed by atoms with Crippen molar-refractivity contribution >= 4 is 5.91 Å². The van der Waals surface area contributed by atoms with Crippen LogP contribution in [-0.2, 0) is 9.53 Å². The van der Waals surface area contributed by atoms with Gasteiger partial charge in [-0.05, 0) is 13.0 Å². The van der Waals surface area contributed by atoms with Crippen molar-refractivity contribution in [2.75, 3.05) is 19.7 Å². The number of rotatable bonds is 0. The Morgan fingerprint density at radius 2 is 2.45 bits per heavy atom. The Labute approximate surface area is 65.3 Å². The van der Waals surface area contributed by atoms with Crippen molar-refractivity contribution in [3.63, 3.8) is 0 Å². The van der Waals surface area contributed by atoms with E-state index in [0.29, 0.717) is 0 Å². The molecular weight excluding hydrogens is 144 g/mol. The zero-order valence-electron chi connectivity index (χ0n) is 6.30. The average molecular weight is 156 g/mol. The molecule has 2 aliphatic heterocycles. The zero-order valence-corrected chi connectivity index (χ0v) is 6.30. The molecule has 0 aromatic heterocycles. The maximum atomic E-state index is 10.9. The van der Waals surface area contributed by atoms with Gasteiger partial charge in [0, 0.05) is 6.54 Å². The second-order valence-electron chi connectivity index (χ2n) is 3.02. The first-order valence-corrected chi connectivity index (χ1v) is 3.98. The molecule has 0 radical (unpaired) electrons. The monoisotopic (exact) mass is 156 g/mol. The van der Waals surface area contributed by atoms with Crippen LogP contribution in [0, 0.1) is 0 Å². The van der Waals surface area contributed by atoms with Crippen LogP contribution < -0.4 is 10.6 Å². The first kappa shape index (κ1) is 7.06. The number of hydrogen-bond acceptors (Lipinski definition) is 3. The number of carbonyl (C=O) groups excluding carboxylic acids is 1. The SMILES string of the molecule is O=C1CO[C@H]2CNCC[C@@H]2N1. The third-order valence-corrected chi connectivity index (χ3v) is 2.20. The second-order valence-corrected chi connectivity index (χ2v) is 3.02. The molecule has 2 saturated heterocycles. The zero-order chi connectivity index (χ0) is 7.68. The van der Waals surface area contributed by atoms with Crippen molar-refractivity contribution in [2.24, 2.45) is 0 Å². The lowest BCUT2D eigenvalue weighted by Crippen LogP contribution is -2.58. The maximum Gasteiger partial charge on any atom is 0.246 e. The molecule has 2 fully saturated rings. The third kappa shape index (κ3) is 1.36. The first-order valence-electron chi connectivity index (χ1n) is 3.98. The van der Waals surface area contributed by atoms with Crippen LogP contribution in [0.1, 0.15) is 6.42 Å².